The molecule has 1 fully saturated rings. The first-order chi connectivity index (χ1) is 6.78. The van der Waals surface area contributed by atoms with Crippen molar-refractivity contribution in [2.24, 2.45) is 0 Å². The average molecular weight is 231 g/mol. The second-order valence-corrected chi connectivity index (χ2v) is 4.78. The molecule has 2 rings (SSSR count). The number of halogens is 1. The van der Waals surface area contributed by atoms with E-state index in [2.05, 4.69) is 9.97 Å². The average Bonchev–Trinajstić information content (AvgIpc) is 2.10. The summed E-state index contributed by atoms with van der Waals surface area (Å²) < 4.78 is 5.10. The van der Waals surface area contributed by atoms with Gasteiger partial charge in [0.15, 0.2) is 0 Å². The molecular formula is C9H11ClN2OS. The van der Waals surface area contributed by atoms with Crippen molar-refractivity contribution in [1.82, 2.24) is 9.97 Å². The van der Waals surface area contributed by atoms with E-state index in [0.717, 1.165) is 30.5 Å². The molecule has 0 unspecified atom stereocenters. The highest BCUT2D eigenvalue weighted by Crippen LogP contribution is 2.27. The number of nitrogens with zero attached hydrogens (tertiary/aromatic N) is 2. The molecule has 0 saturated carbocycles. The second kappa shape index (κ2) is 4.47. The van der Waals surface area contributed by atoms with Crippen LogP contribution < -0.4 is 0 Å². The van der Waals surface area contributed by atoms with Gasteiger partial charge < -0.3 is 4.74 Å². The van der Waals surface area contributed by atoms with E-state index in [1.54, 1.807) is 11.8 Å². The molecule has 0 aromatic carbocycles. The van der Waals surface area contributed by atoms with Crippen LogP contribution in [0.3, 0.4) is 0 Å². The maximum absolute atomic E-state index is 5.88. The summed E-state index contributed by atoms with van der Waals surface area (Å²) in [6.07, 6.45) is 0.815. The molecule has 14 heavy (non-hydrogen) atoms. The van der Waals surface area contributed by atoms with E-state index in [9.17, 15) is 0 Å². The molecule has 2 heterocycles. The monoisotopic (exact) mass is 230 g/mol. The molecule has 0 spiro atoms. The molecule has 0 radical (unpaired) electrons. The summed E-state index contributed by atoms with van der Waals surface area (Å²) in [5.74, 6) is 0.806. The fourth-order valence-corrected chi connectivity index (χ4v) is 2.39. The minimum atomic E-state index is 0.527. The minimum absolute atomic E-state index is 0.527. The summed E-state index contributed by atoms with van der Waals surface area (Å²) >= 11 is 7.59. The van der Waals surface area contributed by atoms with Crippen LogP contribution in [0.4, 0.5) is 0 Å². The van der Waals surface area contributed by atoms with Crippen LogP contribution in [0, 0.1) is 0 Å². The molecule has 1 aromatic heterocycles. The summed E-state index contributed by atoms with van der Waals surface area (Å²) in [5.41, 5.74) is 0. The lowest BCUT2D eigenvalue weighted by molar-refractivity contribution is 0.0454. The molecule has 76 valence electrons. The number of hydrogen-bond acceptors (Lipinski definition) is 4. The predicted molar refractivity (Wildman–Crippen MR) is 56.9 cm³/mol. The van der Waals surface area contributed by atoms with Gasteiger partial charge in [0.1, 0.15) is 16.0 Å². The fourth-order valence-electron chi connectivity index (χ4n) is 1.11. The number of aryl methyl sites for hydroxylation is 1. The number of ether oxygens (including phenoxy) is 1. The number of rotatable bonds is 3. The van der Waals surface area contributed by atoms with Crippen molar-refractivity contribution in [2.75, 3.05) is 13.2 Å². The van der Waals surface area contributed by atoms with E-state index in [1.165, 1.54) is 0 Å². The molecule has 1 aliphatic heterocycles. The Balaban J connectivity index is 2.11. The van der Waals surface area contributed by atoms with Gasteiger partial charge in [0.05, 0.1) is 18.5 Å². The lowest BCUT2D eigenvalue weighted by Gasteiger charge is -2.24. The van der Waals surface area contributed by atoms with Gasteiger partial charge in [-0.05, 0) is 0 Å². The third-order valence-electron chi connectivity index (χ3n) is 1.93. The molecule has 0 aliphatic carbocycles. The molecule has 5 heteroatoms. The maximum Gasteiger partial charge on any atom is 0.133 e. The molecule has 3 nitrogen and oxygen atoms in total. The molecular weight excluding hydrogens is 220 g/mol. The molecule has 0 N–H and O–H groups in total. The van der Waals surface area contributed by atoms with Gasteiger partial charge >= 0.3 is 0 Å². The first-order valence-electron chi connectivity index (χ1n) is 4.56. The zero-order valence-corrected chi connectivity index (χ0v) is 9.44. The van der Waals surface area contributed by atoms with Crippen LogP contribution in [0.1, 0.15) is 12.7 Å². The van der Waals surface area contributed by atoms with Crippen LogP contribution >= 0.6 is 23.4 Å². The molecule has 1 aromatic rings. The summed E-state index contributed by atoms with van der Waals surface area (Å²) in [4.78, 5) is 8.50. The van der Waals surface area contributed by atoms with Gasteiger partial charge in [0, 0.05) is 12.5 Å². The molecule has 0 amide bonds. The summed E-state index contributed by atoms with van der Waals surface area (Å²) in [6, 6.07) is 1.81. The Labute approximate surface area is 92.2 Å². The Morgan fingerprint density at radius 3 is 2.93 bits per heavy atom. The van der Waals surface area contributed by atoms with Crippen LogP contribution in [-0.4, -0.2) is 28.4 Å². The van der Waals surface area contributed by atoms with E-state index in [0.29, 0.717) is 10.4 Å². The largest absolute Gasteiger partial charge is 0.379 e. The van der Waals surface area contributed by atoms with Crippen molar-refractivity contribution in [1.29, 1.82) is 0 Å². The predicted octanol–water partition coefficient (Wildman–Crippen LogP) is 2.18. The zero-order valence-electron chi connectivity index (χ0n) is 7.86. The Morgan fingerprint density at radius 1 is 1.57 bits per heavy atom. The van der Waals surface area contributed by atoms with E-state index in [1.807, 2.05) is 13.0 Å². The Bertz CT molecular complexity index is 331. The van der Waals surface area contributed by atoms with Crippen molar-refractivity contribution in [2.45, 2.75) is 23.6 Å². The standard InChI is InChI=1S/C9H11ClN2OS/c1-2-8-11-7(10)3-9(12-8)14-6-4-13-5-6/h3,6H,2,4-5H2,1H3. The quantitative estimate of drug-likeness (QED) is 0.746. The van der Waals surface area contributed by atoms with Crippen LogP contribution in [-0.2, 0) is 11.2 Å². The van der Waals surface area contributed by atoms with E-state index < -0.39 is 0 Å². The minimum Gasteiger partial charge on any atom is -0.379 e. The lowest BCUT2D eigenvalue weighted by atomic mass is 10.4. The van der Waals surface area contributed by atoms with Crippen molar-refractivity contribution in [3.8, 4) is 0 Å². The van der Waals surface area contributed by atoms with Crippen LogP contribution in [0.2, 0.25) is 5.15 Å². The van der Waals surface area contributed by atoms with Gasteiger partial charge in [0.2, 0.25) is 0 Å². The highest BCUT2D eigenvalue weighted by atomic mass is 35.5. The Kier molecular flexibility index (Phi) is 3.26. The summed E-state index contributed by atoms with van der Waals surface area (Å²) in [7, 11) is 0. The smallest absolute Gasteiger partial charge is 0.133 e. The first kappa shape index (κ1) is 10.2. The highest BCUT2D eigenvalue weighted by molar-refractivity contribution is 8.00. The third-order valence-corrected chi connectivity index (χ3v) is 3.18. The topological polar surface area (TPSA) is 35.0 Å². The lowest BCUT2D eigenvalue weighted by Crippen LogP contribution is -2.30. The SMILES string of the molecule is CCc1nc(Cl)cc(SC2COC2)n1. The Hall–Kier alpha value is -0.320. The molecule has 0 bridgehead atoms. The van der Waals surface area contributed by atoms with Gasteiger partial charge in [-0.25, -0.2) is 9.97 Å². The van der Waals surface area contributed by atoms with Gasteiger partial charge in [-0.2, -0.15) is 0 Å². The van der Waals surface area contributed by atoms with Gasteiger partial charge in [0.25, 0.3) is 0 Å². The maximum atomic E-state index is 5.88. The fraction of sp³-hybridized carbons (Fsp3) is 0.556. The van der Waals surface area contributed by atoms with Gasteiger partial charge in [-0.15, -0.1) is 0 Å². The van der Waals surface area contributed by atoms with Crippen LogP contribution in [0.25, 0.3) is 0 Å². The van der Waals surface area contributed by atoms with E-state index in [-0.39, 0.29) is 0 Å². The third kappa shape index (κ3) is 2.38. The van der Waals surface area contributed by atoms with E-state index >= 15 is 0 Å². The van der Waals surface area contributed by atoms with Crippen LogP contribution in [0.5, 0.6) is 0 Å². The van der Waals surface area contributed by atoms with E-state index in [4.69, 9.17) is 16.3 Å². The molecule has 0 atom stereocenters. The van der Waals surface area contributed by atoms with Gasteiger partial charge in [-0.1, -0.05) is 30.3 Å². The number of aromatic nitrogens is 2. The normalized spacial score (nSPS) is 16.7. The van der Waals surface area contributed by atoms with Crippen molar-refractivity contribution in [3.05, 3.63) is 17.0 Å². The van der Waals surface area contributed by atoms with Crippen molar-refractivity contribution < 1.29 is 4.74 Å². The zero-order chi connectivity index (χ0) is 9.97. The van der Waals surface area contributed by atoms with Gasteiger partial charge in [-0.3, -0.25) is 0 Å². The Morgan fingerprint density at radius 2 is 2.36 bits per heavy atom. The number of thioether (sulfide) groups is 1. The van der Waals surface area contributed by atoms with Crippen molar-refractivity contribution >= 4 is 23.4 Å². The number of hydrogen-bond donors (Lipinski definition) is 0. The van der Waals surface area contributed by atoms with Crippen LogP contribution in [0.15, 0.2) is 11.1 Å². The molecule has 1 aliphatic rings. The second-order valence-electron chi connectivity index (χ2n) is 3.08. The molecule has 1 saturated heterocycles. The summed E-state index contributed by atoms with van der Waals surface area (Å²) in [5, 5.41) is 2.01. The first-order valence-corrected chi connectivity index (χ1v) is 5.81. The highest BCUT2D eigenvalue weighted by Gasteiger charge is 2.20. The van der Waals surface area contributed by atoms with Crippen molar-refractivity contribution in [3.63, 3.8) is 0 Å². The summed E-state index contributed by atoms with van der Waals surface area (Å²) in [6.45, 7) is 3.65.